The van der Waals surface area contributed by atoms with Crippen molar-refractivity contribution < 1.29 is 13.2 Å². The Hall–Kier alpha value is -1.50. The fourth-order valence-electron chi connectivity index (χ4n) is 1.72. The number of alkyl halides is 3. The zero-order valence-electron chi connectivity index (χ0n) is 7.80. The Labute approximate surface area is 85.1 Å². The van der Waals surface area contributed by atoms with Crippen LogP contribution in [0.5, 0.6) is 0 Å². The minimum atomic E-state index is -4.18. The molecule has 1 nitrogen and oxygen atoms in total. The molecule has 0 bridgehead atoms. The quantitative estimate of drug-likeness (QED) is 0.700. The number of halogens is 3. The first-order valence-corrected chi connectivity index (χ1v) is 4.57. The molecule has 0 unspecified atom stereocenters. The lowest BCUT2D eigenvalue weighted by Crippen LogP contribution is -2.28. The number of hydrogen-bond acceptors (Lipinski definition) is 1. The van der Waals surface area contributed by atoms with E-state index in [-0.39, 0.29) is 18.4 Å². The van der Waals surface area contributed by atoms with Crippen molar-refractivity contribution in [2.45, 2.75) is 24.4 Å². The van der Waals surface area contributed by atoms with Gasteiger partial charge in [-0.2, -0.15) is 18.4 Å². The summed E-state index contributed by atoms with van der Waals surface area (Å²) in [4.78, 5) is 0. The number of rotatable bonds is 1. The predicted octanol–water partition coefficient (Wildman–Crippen LogP) is 3.15. The second-order valence-corrected chi connectivity index (χ2v) is 3.77. The summed E-state index contributed by atoms with van der Waals surface area (Å²) in [6, 6.07) is 7.55. The molecule has 4 heteroatoms. The van der Waals surface area contributed by atoms with E-state index in [1.165, 1.54) is 24.3 Å². The Morgan fingerprint density at radius 3 is 2.00 bits per heavy atom. The van der Waals surface area contributed by atoms with Crippen LogP contribution in [0.4, 0.5) is 13.2 Å². The van der Waals surface area contributed by atoms with Crippen LogP contribution in [0.3, 0.4) is 0 Å². The normalized spacial score (nSPS) is 18.3. The minimum Gasteiger partial charge on any atom is -0.192 e. The Bertz CT molecular complexity index is 407. The third kappa shape index (κ3) is 1.48. The van der Waals surface area contributed by atoms with E-state index < -0.39 is 11.6 Å². The average molecular weight is 211 g/mol. The molecule has 0 atom stereocenters. The van der Waals surface area contributed by atoms with E-state index in [1.54, 1.807) is 0 Å². The first-order valence-electron chi connectivity index (χ1n) is 4.57. The van der Waals surface area contributed by atoms with Gasteiger partial charge in [0, 0.05) is 0 Å². The lowest BCUT2D eigenvalue weighted by atomic mass is 9.94. The van der Waals surface area contributed by atoms with Crippen LogP contribution in [0, 0.1) is 11.3 Å². The molecule has 1 aromatic rings. The van der Waals surface area contributed by atoms with Crippen LogP contribution in [0.15, 0.2) is 24.3 Å². The van der Waals surface area contributed by atoms with E-state index in [1.807, 2.05) is 6.07 Å². The second kappa shape index (κ2) is 2.99. The van der Waals surface area contributed by atoms with Gasteiger partial charge in [-0.25, -0.2) is 0 Å². The van der Waals surface area contributed by atoms with E-state index in [0.29, 0.717) is 5.56 Å². The van der Waals surface area contributed by atoms with Crippen molar-refractivity contribution in [3.8, 4) is 6.07 Å². The third-order valence-electron chi connectivity index (χ3n) is 2.86. The molecule has 1 fully saturated rings. The maximum atomic E-state index is 12.7. The highest BCUT2D eigenvalue weighted by molar-refractivity contribution is 5.39. The van der Waals surface area contributed by atoms with E-state index in [0.717, 1.165) is 0 Å². The Morgan fingerprint density at radius 1 is 1.13 bits per heavy atom. The summed E-state index contributed by atoms with van der Waals surface area (Å²) in [5.74, 6) is 0. The Morgan fingerprint density at radius 2 is 1.67 bits per heavy atom. The maximum Gasteiger partial charge on any atom is 0.398 e. The Balaban J connectivity index is 2.36. The molecule has 0 heterocycles. The molecule has 1 aromatic carbocycles. The molecule has 78 valence electrons. The topological polar surface area (TPSA) is 23.8 Å². The maximum absolute atomic E-state index is 12.7. The lowest BCUT2D eigenvalue weighted by molar-refractivity contribution is -0.160. The highest BCUT2D eigenvalue weighted by atomic mass is 19.4. The molecular weight excluding hydrogens is 203 g/mol. The molecule has 0 radical (unpaired) electrons. The number of benzene rings is 1. The summed E-state index contributed by atoms with van der Waals surface area (Å²) >= 11 is 0. The fraction of sp³-hybridized carbons (Fsp3) is 0.364. The second-order valence-electron chi connectivity index (χ2n) is 3.77. The molecule has 0 aromatic heterocycles. The summed E-state index contributed by atoms with van der Waals surface area (Å²) in [7, 11) is 0. The molecule has 1 aliphatic rings. The van der Waals surface area contributed by atoms with E-state index in [2.05, 4.69) is 0 Å². The third-order valence-corrected chi connectivity index (χ3v) is 2.86. The van der Waals surface area contributed by atoms with E-state index >= 15 is 0 Å². The zero-order chi connectivity index (χ0) is 11.1. The van der Waals surface area contributed by atoms with Gasteiger partial charge in [0.1, 0.15) is 0 Å². The van der Waals surface area contributed by atoms with Gasteiger partial charge in [-0.1, -0.05) is 12.1 Å². The van der Waals surface area contributed by atoms with Crippen LogP contribution in [-0.2, 0) is 5.41 Å². The average Bonchev–Trinajstić information content (AvgIpc) is 2.98. The number of hydrogen-bond donors (Lipinski definition) is 0. The zero-order valence-corrected chi connectivity index (χ0v) is 7.80. The summed E-state index contributed by atoms with van der Waals surface area (Å²) in [5, 5.41) is 8.53. The largest absolute Gasteiger partial charge is 0.398 e. The van der Waals surface area contributed by atoms with Gasteiger partial charge in [0.2, 0.25) is 0 Å². The van der Waals surface area contributed by atoms with Gasteiger partial charge in [0.05, 0.1) is 17.0 Å². The molecule has 2 rings (SSSR count). The minimum absolute atomic E-state index is 0.155. The van der Waals surface area contributed by atoms with Crippen LogP contribution in [0.1, 0.15) is 24.0 Å². The van der Waals surface area contributed by atoms with Crippen molar-refractivity contribution in [2.75, 3.05) is 0 Å². The van der Waals surface area contributed by atoms with Crippen LogP contribution in [0.2, 0.25) is 0 Å². The molecule has 0 amide bonds. The van der Waals surface area contributed by atoms with Crippen molar-refractivity contribution >= 4 is 0 Å². The molecule has 0 spiro atoms. The fourth-order valence-corrected chi connectivity index (χ4v) is 1.72. The lowest BCUT2D eigenvalue weighted by Gasteiger charge is -2.19. The molecule has 1 saturated carbocycles. The van der Waals surface area contributed by atoms with E-state index in [9.17, 15) is 13.2 Å². The van der Waals surface area contributed by atoms with E-state index in [4.69, 9.17) is 5.26 Å². The predicted molar refractivity (Wildman–Crippen MR) is 48.1 cm³/mol. The van der Waals surface area contributed by atoms with Gasteiger partial charge < -0.3 is 0 Å². The monoisotopic (exact) mass is 211 g/mol. The summed E-state index contributed by atoms with van der Waals surface area (Å²) in [6.07, 6.45) is -3.87. The SMILES string of the molecule is N#Cc1ccc(C2(C(F)(F)F)CC2)cc1. The van der Waals surface area contributed by atoms with Crippen LogP contribution < -0.4 is 0 Å². The standard InChI is InChI=1S/C11H8F3N/c12-11(13,14)10(5-6-10)9-3-1-8(7-15)2-4-9/h1-4H,5-6H2. The molecule has 0 saturated heterocycles. The van der Waals surface area contributed by atoms with Crippen molar-refractivity contribution in [3.05, 3.63) is 35.4 Å². The number of nitriles is 1. The first-order chi connectivity index (χ1) is 6.99. The van der Waals surface area contributed by atoms with Crippen molar-refractivity contribution in [1.29, 1.82) is 5.26 Å². The molecule has 1 aliphatic carbocycles. The van der Waals surface area contributed by atoms with Gasteiger partial charge in [0.25, 0.3) is 0 Å². The first kappa shape index (κ1) is 10.0. The van der Waals surface area contributed by atoms with Crippen LogP contribution >= 0.6 is 0 Å². The highest BCUT2D eigenvalue weighted by Gasteiger charge is 2.64. The molecule has 0 aliphatic heterocycles. The van der Waals surface area contributed by atoms with Gasteiger partial charge >= 0.3 is 6.18 Å². The summed E-state index contributed by atoms with van der Waals surface area (Å²) < 4.78 is 38.1. The van der Waals surface area contributed by atoms with Crippen LogP contribution in [-0.4, -0.2) is 6.18 Å². The smallest absolute Gasteiger partial charge is 0.192 e. The Kier molecular flexibility index (Phi) is 2.00. The van der Waals surface area contributed by atoms with Crippen molar-refractivity contribution in [2.24, 2.45) is 0 Å². The molecule has 0 N–H and O–H groups in total. The highest BCUT2D eigenvalue weighted by Crippen LogP contribution is 2.58. The van der Waals surface area contributed by atoms with Crippen molar-refractivity contribution in [3.63, 3.8) is 0 Å². The van der Waals surface area contributed by atoms with Crippen molar-refractivity contribution in [1.82, 2.24) is 0 Å². The molecule has 15 heavy (non-hydrogen) atoms. The summed E-state index contributed by atoms with van der Waals surface area (Å²) in [5.41, 5.74) is -0.980. The summed E-state index contributed by atoms with van der Waals surface area (Å²) in [6.45, 7) is 0. The van der Waals surface area contributed by atoms with Gasteiger partial charge in [-0.05, 0) is 30.5 Å². The van der Waals surface area contributed by atoms with Gasteiger partial charge in [-0.15, -0.1) is 0 Å². The molecular formula is C11H8F3N. The van der Waals surface area contributed by atoms with Gasteiger partial charge in [0.15, 0.2) is 0 Å². The van der Waals surface area contributed by atoms with Gasteiger partial charge in [-0.3, -0.25) is 0 Å². The number of nitrogens with zero attached hydrogens (tertiary/aromatic N) is 1. The van der Waals surface area contributed by atoms with Crippen LogP contribution in [0.25, 0.3) is 0 Å².